The first kappa shape index (κ1) is 9.53. The van der Waals surface area contributed by atoms with Gasteiger partial charge in [-0.1, -0.05) is 18.2 Å². The number of hydrogen-bond donors (Lipinski definition) is 1. The maximum atomic E-state index is 3.49. The van der Waals surface area contributed by atoms with Gasteiger partial charge in [-0.15, -0.1) is 0 Å². The number of fused-ring (bicyclic) bond motifs is 1. The van der Waals surface area contributed by atoms with Crippen molar-refractivity contribution < 1.29 is 0 Å². The van der Waals surface area contributed by atoms with Crippen molar-refractivity contribution in [2.24, 2.45) is 5.92 Å². The quantitative estimate of drug-likeness (QED) is 0.765. The monoisotopic (exact) mass is 190 g/mol. The van der Waals surface area contributed by atoms with E-state index in [1.54, 1.807) is 0 Å². The van der Waals surface area contributed by atoms with Crippen LogP contribution >= 0.6 is 0 Å². The summed E-state index contributed by atoms with van der Waals surface area (Å²) in [6, 6.07) is 8.61. The van der Waals surface area contributed by atoms with Gasteiger partial charge in [-0.05, 0) is 38.1 Å². The topological polar surface area (TPSA) is 15.3 Å². The Morgan fingerprint density at radius 2 is 2.14 bits per heavy atom. The fourth-order valence-electron chi connectivity index (χ4n) is 2.15. The van der Waals surface area contributed by atoms with E-state index in [0.29, 0.717) is 0 Å². The van der Waals surface area contributed by atoms with Gasteiger partial charge in [0.15, 0.2) is 0 Å². The number of benzene rings is 1. The van der Waals surface area contributed by atoms with Crippen LogP contribution < -0.4 is 5.32 Å². The summed E-state index contributed by atoms with van der Waals surface area (Å²) in [7, 11) is 4.28. The van der Waals surface area contributed by atoms with Gasteiger partial charge in [0.05, 0.1) is 0 Å². The van der Waals surface area contributed by atoms with E-state index in [2.05, 4.69) is 48.6 Å². The molecular weight excluding hydrogens is 172 g/mol. The molecule has 0 unspecified atom stereocenters. The summed E-state index contributed by atoms with van der Waals surface area (Å²) in [5.41, 5.74) is 2.79. The second kappa shape index (κ2) is 4.01. The maximum absolute atomic E-state index is 3.49. The standard InChI is InChI=1S/C12H18N2/c1-14(2)9-10-7-11-5-3-4-6-12(11)13-8-10/h3-6,10,13H,7-9H2,1-2H3/t10-/m0/s1. The van der Waals surface area contributed by atoms with Gasteiger partial charge in [-0.25, -0.2) is 0 Å². The molecule has 1 aliphatic rings. The molecule has 1 heterocycles. The van der Waals surface area contributed by atoms with Crippen LogP contribution in [0.25, 0.3) is 0 Å². The average molecular weight is 190 g/mol. The van der Waals surface area contributed by atoms with Crippen molar-refractivity contribution in [1.82, 2.24) is 4.90 Å². The highest BCUT2D eigenvalue weighted by Crippen LogP contribution is 2.24. The number of anilines is 1. The first-order valence-electron chi connectivity index (χ1n) is 5.22. The molecule has 0 saturated heterocycles. The van der Waals surface area contributed by atoms with Crippen LogP contribution in [0.2, 0.25) is 0 Å². The smallest absolute Gasteiger partial charge is 0.0372 e. The SMILES string of the molecule is CN(C)C[C@@H]1CNc2ccccc2C1. The molecule has 2 rings (SSSR count). The van der Waals surface area contributed by atoms with Crippen LogP contribution in [0.4, 0.5) is 5.69 Å². The van der Waals surface area contributed by atoms with Crippen molar-refractivity contribution in [3.05, 3.63) is 29.8 Å². The predicted octanol–water partition coefficient (Wildman–Crippen LogP) is 1.83. The number of nitrogens with zero attached hydrogens (tertiary/aromatic N) is 1. The fraction of sp³-hybridized carbons (Fsp3) is 0.500. The molecule has 0 radical (unpaired) electrons. The van der Waals surface area contributed by atoms with Crippen LogP contribution in [0.5, 0.6) is 0 Å². The lowest BCUT2D eigenvalue weighted by molar-refractivity contribution is 0.328. The zero-order valence-corrected chi connectivity index (χ0v) is 8.96. The van der Waals surface area contributed by atoms with Crippen LogP contribution in [-0.4, -0.2) is 32.1 Å². The van der Waals surface area contributed by atoms with E-state index in [9.17, 15) is 0 Å². The molecule has 0 amide bonds. The molecule has 2 nitrogen and oxygen atoms in total. The van der Waals surface area contributed by atoms with Crippen LogP contribution in [0.1, 0.15) is 5.56 Å². The van der Waals surface area contributed by atoms with E-state index in [0.717, 1.165) is 12.5 Å². The van der Waals surface area contributed by atoms with E-state index < -0.39 is 0 Å². The Balaban J connectivity index is 2.06. The number of rotatable bonds is 2. The fourth-order valence-corrected chi connectivity index (χ4v) is 2.15. The van der Waals surface area contributed by atoms with E-state index in [4.69, 9.17) is 0 Å². The van der Waals surface area contributed by atoms with Crippen molar-refractivity contribution in [3.8, 4) is 0 Å². The summed E-state index contributed by atoms with van der Waals surface area (Å²) in [6.07, 6.45) is 1.21. The Morgan fingerprint density at radius 3 is 2.93 bits per heavy atom. The molecule has 1 atom stereocenters. The normalized spacial score (nSPS) is 20.4. The van der Waals surface area contributed by atoms with Gasteiger partial charge in [-0.2, -0.15) is 0 Å². The molecule has 14 heavy (non-hydrogen) atoms. The molecule has 76 valence electrons. The molecule has 0 fully saturated rings. The van der Waals surface area contributed by atoms with Crippen molar-refractivity contribution in [1.29, 1.82) is 0 Å². The minimum atomic E-state index is 0.750. The lowest BCUT2D eigenvalue weighted by Gasteiger charge is -2.28. The summed E-state index contributed by atoms with van der Waals surface area (Å²) in [5, 5.41) is 3.49. The third-order valence-electron chi connectivity index (χ3n) is 2.73. The number of para-hydroxylation sites is 1. The van der Waals surface area contributed by atoms with Crippen LogP contribution in [0.3, 0.4) is 0 Å². The molecule has 0 aromatic heterocycles. The maximum Gasteiger partial charge on any atom is 0.0372 e. The van der Waals surface area contributed by atoms with Crippen molar-refractivity contribution in [2.45, 2.75) is 6.42 Å². The van der Waals surface area contributed by atoms with Gasteiger partial charge in [0.1, 0.15) is 0 Å². The molecule has 1 aromatic rings. The summed E-state index contributed by atoms with van der Waals surface area (Å²) < 4.78 is 0. The van der Waals surface area contributed by atoms with E-state index >= 15 is 0 Å². The Hall–Kier alpha value is -1.02. The molecule has 0 saturated carbocycles. The third-order valence-corrected chi connectivity index (χ3v) is 2.73. The van der Waals surface area contributed by atoms with E-state index in [1.165, 1.54) is 24.2 Å². The highest BCUT2D eigenvalue weighted by atomic mass is 15.1. The largest absolute Gasteiger partial charge is 0.384 e. The van der Waals surface area contributed by atoms with Gasteiger partial charge in [0.2, 0.25) is 0 Å². The minimum absolute atomic E-state index is 0.750. The van der Waals surface area contributed by atoms with Crippen LogP contribution in [0, 0.1) is 5.92 Å². The highest BCUT2D eigenvalue weighted by Gasteiger charge is 2.17. The third kappa shape index (κ3) is 2.07. The Bertz CT molecular complexity index is 307. The van der Waals surface area contributed by atoms with E-state index in [1.807, 2.05) is 0 Å². The molecule has 1 N–H and O–H groups in total. The van der Waals surface area contributed by atoms with Crippen molar-refractivity contribution in [3.63, 3.8) is 0 Å². The van der Waals surface area contributed by atoms with Gasteiger partial charge in [0, 0.05) is 18.8 Å². The Kier molecular flexibility index (Phi) is 2.73. The summed E-state index contributed by atoms with van der Waals surface area (Å²) in [6.45, 7) is 2.27. The summed E-state index contributed by atoms with van der Waals surface area (Å²) in [5.74, 6) is 0.750. The van der Waals surface area contributed by atoms with Crippen LogP contribution in [0.15, 0.2) is 24.3 Å². The van der Waals surface area contributed by atoms with Gasteiger partial charge in [0.25, 0.3) is 0 Å². The zero-order valence-electron chi connectivity index (χ0n) is 8.96. The zero-order chi connectivity index (χ0) is 9.97. The average Bonchev–Trinajstić information content (AvgIpc) is 2.17. The molecule has 0 spiro atoms. The summed E-state index contributed by atoms with van der Waals surface area (Å²) >= 11 is 0. The van der Waals surface area contributed by atoms with Crippen molar-refractivity contribution >= 4 is 5.69 Å². The summed E-state index contributed by atoms with van der Waals surface area (Å²) in [4.78, 5) is 2.26. The predicted molar refractivity (Wildman–Crippen MR) is 60.7 cm³/mol. The molecule has 0 bridgehead atoms. The van der Waals surface area contributed by atoms with Crippen LogP contribution in [-0.2, 0) is 6.42 Å². The molecule has 0 aliphatic carbocycles. The second-order valence-electron chi connectivity index (χ2n) is 4.37. The molecule has 2 heteroatoms. The lowest BCUT2D eigenvalue weighted by atomic mass is 9.94. The number of hydrogen-bond acceptors (Lipinski definition) is 2. The first-order valence-corrected chi connectivity index (χ1v) is 5.22. The van der Waals surface area contributed by atoms with Gasteiger partial charge >= 0.3 is 0 Å². The minimum Gasteiger partial charge on any atom is -0.384 e. The lowest BCUT2D eigenvalue weighted by Crippen LogP contribution is -2.31. The van der Waals surface area contributed by atoms with Gasteiger partial charge < -0.3 is 10.2 Å². The highest BCUT2D eigenvalue weighted by molar-refractivity contribution is 5.53. The Labute approximate surface area is 85.9 Å². The number of nitrogens with one attached hydrogen (secondary N) is 1. The molecular formula is C12H18N2. The van der Waals surface area contributed by atoms with E-state index in [-0.39, 0.29) is 0 Å². The van der Waals surface area contributed by atoms with Gasteiger partial charge in [-0.3, -0.25) is 0 Å². The molecule has 1 aliphatic heterocycles. The Morgan fingerprint density at radius 1 is 1.36 bits per heavy atom. The van der Waals surface area contributed by atoms with Crippen molar-refractivity contribution in [2.75, 3.05) is 32.5 Å². The first-order chi connectivity index (χ1) is 6.75. The second-order valence-corrected chi connectivity index (χ2v) is 4.37. The molecule has 1 aromatic carbocycles.